The van der Waals surface area contributed by atoms with Crippen LogP contribution >= 0.6 is 0 Å². The number of nitrogens with one attached hydrogen (secondary N) is 1. The number of H-pyrrole nitrogens is 1. The highest BCUT2D eigenvalue weighted by Gasteiger charge is 2.33. The maximum absolute atomic E-state index is 12.2. The zero-order valence-corrected chi connectivity index (χ0v) is 12.1. The fourth-order valence-corrected chi connectivity index (χ4v) is 2.32. The molecule has 0 saturated carbocycles. The number of nitrogens with two attached hydrogens (primary N) is 1. The molecule has 1 amide bonds. The number of carbonyl (C=O) groups is 1. The molecule has 2 rings (SSSR count). The van der Waals surface area contributed by atoms with E-state index in [4.69, 9.17) is 10.5 Å². The molecule has 1 saturated heterocycles. The number of rotatable bonds is 1. The molecule has 0 spiro atoms. The number of aromatic nitrogens is 1. The van der Waals surface area contributed by atoms with Crippen LogP contribution in [0.25, 0.3) is 0 Å². The third-order valence-corrected chi connectivity index (χ3v) is 3.20. The van der Waals surface area contributed by atoms with Crippen LogP contribution in [0, 0.1) is 0 Å². The standard InChI is InChI=1S/C14H21N3O3/c1-14(2,3)20-13(19)17-8-4-5-11(17)10-7-6-9(15)12(18)16-10/h6-7,11H,4-5,8,15H2,1-3H3,(H,16,18). The SMILES string of the molecule is CC(C)(C)OC(=O)N1CCCC1c1ccc(N)c(=O)[nH]1. The lowest BCUT2D eigenvalue weighted by molar-refractivity contribution is 0.0221. The van der Waals surface area contributed by atoms with E-state index < -0.39 is 5.60 Å². The molecule has 0 aliphatic carbocycles. The van der Waals surface area contributed by atoms with Gasteiger partial charge in [0.2, 0.25) is 0 Å². The molecule has 0 radical (unpaired) electrons. The zero-order chi connectivity index (χ0) is 14.9. The van der Waals surface area contributed by atoms with Crippen LogP contribution in [0.3, 0.4) is 0 Å². The van der Waals surface area contributed by atoms with E-state index in [0.29, 0.717) is 12.2 Å². The van der Waals surface area contributed by atoms with Crippen LogP contribution in [-0.4, -0.2) is 28.1 Å². The van der Waals surface area contributed by atoms with Crippen molar-refractivity contribution in [3.05, 3.63) is 28.2 Å². The first-order valence-electron chi connectivity index (χ1n) is 6.76. The summed E-state index contributed by atoms with van der Waals surface area (Å²) in [5.41, 5.74) is 5.54. The minimum absolute atomic E-state index is 0.154. The Hall–Kier alpha value is -1.98. The van der Waals surface area contributed by atoms with Gasteiger partial charge in [0.05, 0.1) is 11.7 Å². The van der Waals surface area contributed by atoms with E-state index >= 15 is 0 Å². The Labute approximate surface area is 117 Å². The van der Waals surface area contributed by atoms with Gasteiger partial charge in [-0.15, -0.1) is 0 Å². The number of hydrogen-bond donors (Lipinski definition) is 2. The molecule has 110 valence electrons. The summed E-state index contributed by atoms with van der Waals surface area (Å²) in [6.07, 6.45) is 1.34. The molecule has 3 N–H and O–H groups in total. The van der Waals surface area contributed by atoms with Crippen molar-refractivity contribution in [2.75, 3.05) is 12.3 Å². The van der Waals surface area contributed by atoms with Gasteiger partial charge in [0.15, 0.2) is 0 Å². The Morgan fingerprint density at radius 3 is 2.75 bits per heavy atom. The Bertz CT molecular complexity index is 560. The van der Waals surface area contributed by atoms with Gasteiger partial charge in [-0.2, -0.15) is 0 Å². The van der Waals surface area contributed by atoms with Crippen LogP contribution in [0.5, 0.6) is 0 Å². The molecule has 2 heterocycles. The number of aromatic amines is 1. The maximum atomic E-state index is 12.2. The van der Waals surface area contributed by atoms with Crippen molar-refractivity contribution >= 4 is 11.8 Å². The number of carbonyl (C=O) groups excluding carboxylic acids is 1. The number of ether oxygens (including phenoxy) is 1. The van der Waals surface area contributed by atoms with E-state index in [9.17, 15) is 9.59 Å². The molecular weight excluding hydrogens is 258 g/mol. The summed E-state index contributed by atoms with van der Waals surface area (Å²) in [7, 11) is 0. The Kier molecular flexibility index (Phi) is 3.74. The lowest BCUT2D eigenvalue weighted by Gasteiger charge is -2.28. The topological polar surface area (TPSA) is 88.4 Å². The molecule has 1 fully saturated rings. The van der Waals surface area contributed by atoms with Crippen molar-refractivity contribution in [3.8, 4) is 0 Å². The van der Waals surface area contributed by atoms with Gasteiger partial charge in [-0.05, 0) is 45.7 Å². The average Bonchev–Trinajstić information content (AvgIpc) is 2.79. The number of anilines is 1. The highest BCUT2D eigenvalue weighted by Crippen LogP contribution is 2.31. The van der Waals surface area contributed by atoms with Crippen molar-refractivity contribution in [3.63, 3.8) is 0 Å². The van der Waals surface area contributed by atoms with Crippen LogP contribution in [0.1, 0.15) is 45.3 Å². The van der Waals surface area contributed by atoms with Crippen LogP contribution in [0.15, 0.2) is 16.9 Å². The van der Waals surface area contributed by atoms with E-state index in [1.165, 1.54) is 0 Å². The van der Waals surface area contributed by atoms with E-state index in [-0.39, 0.29) is 23.4 Å². The van der Waals surface area contributed by atoms with Gasteiger partial charge in [-0.25, -0.2) is 4.79 Å². The first kappa shape index (κ1) is 14.4. The smallest absolute Gasteiger partial charge is 0.410 e. The molecule has 1 unspecified atom stereocenters. The molecule has 6 nitrogen and oxygen atoms in total. The van der Waals surface area contributed by atoms with Crippen LogP contribution in [-0.2, 0) is 4.74 Å². The van der Waals surface area contributed by atoms with Gasteiger partial charge in [0, 0.05) is 12.2 Å². The number of nitrogens with zero attached hydrogens (tertiary/aromatic N) is 1. The first-order chi connectivity index (χ1) is 9.28. The summed E-state index contributed by atoms with van der Waals surface area (Å²) in [5, 5.41) is 0. The molecular formula is C14H21N3O3. The fraction of sp³-hybridized carbons (Fsp3) is 0.571. The van der Waals surface area contributed by atoms with E-state index in [2.05, 4.69) is 4.98 Å². The lowest BCUT2D eigenvalue weighted by atomic mass is 10.1. The zero-order valence-electron chi connectivity index (χ0n) is 12.1. The third kappa shape index (κ3) is 3.12. The van der Waals surface area contributed by atoms with Crippen molar-refractivity contribution in [1.29, 1.82) is 0 Å². The van der Waals surface area contributed by atoms with E-state index in [0.717, 1.165) is 12.8 Å². The second-order valence-electron chi connectivity index (χ2n) is 6.03. The number of hydrogen-bond acceptors (Lipinski definition) is 4. The molecule has 1 aliphatic rings. The van der Waals surface area contributed by atoms with Gasteiger partial charge in [-0.3, -0.25) is 9.69 Å². The monoisotopic (exact) mass is 279 g/mol. The minimum atomic E-state index is -0.529. The summed E-state index contributed by atoms with van der Waals surface area (Å²) >= 11 is 0. The summed E-state index contributed by atoms with van der Waals surface area (Å²) in [4.78, 5) is 28.2. The van der Waals surface area contributed by atoms with Crippen molar-refractivity contribution in [1.82, 2.24) is 9.88 Å². The third-order valence-electron chi connectivity index (χ3n) is 3.20. The lowest BCUT2D eigenvalue weighted by Crippen LogP contribution is -2.37. The molecule has 6 heteroatoms. The quantitative estimate of drug-likeness (QED) is 0.823. The normalized spacial score (nSPS) is 19.1. The maximum Gasteiger partial charge on any atom is 0.410 e. The predicted octanol–water partition coefficient (Wildman–Crippen LogP) is 2.03. The van der Waals surface area contributed by atoms with E-state index in [1.807, 2.05) is 20.8 Å². The number of amides is 1. The minimum Gasteiger partial charge on any atom is -0.444 e. The molecule has 20 heavy (non-hydrogen) atoms. The van der Waals surface area contributed by atoms with Crippen LogP contribution in [0.2, 0.25) is 0 Å². The molecule has 0 aromatic carbocycles. The van der Waals surface area contributed by atoms with Gasteiger partial charge in [-0.1, -0.05) is 0 Å². The number of pyridine rings is 1. The molecule has 1 aromatic rings. The van der Waals surface area contributed by atoms with Crippen LogP contribution < -0.4 is 11.3 Å². The number of nitrogen functional groups attached to an aromatic ring is 1. The van der Waals surface area contributed by atoms with Crippen LogP contribution in [0.4, 0.5) is 10.5 Å². The second-order valence-corrected chi connectivity index (χ2v) is 6.03. The van der Waals surface area contributed by atoms with Crippen molar-refractivity contribution in [2.45, 2.75) is 45.3 Å². The average molecular weight is 279 g/mol. The Morgan fingerprint density at radius 2 is 2.15 bits per heavy atom. The number of likely N-dealkylation sites (tertiary alicyclic amines) is 1. The van der Waals surface area contributed by atoms with Crippen molar-refractivity contribution in [2.24, 2.45) is 0 Å². The van der Waals surface area contributed by atoms with Crippen molar-refractivity contribution < 1.29 is 9.53 Å². The van der Waals surface area contributed by atoms with Gasteiger partial charge in [0.1, 0.15) is 5.60 Å². The molecule has 1 aliphatic heterocycles. The summed E-state index contributed by atoms with van der Waals surface area (Å²) < 4.78 is 5.40. The first-order valence-corrected chi connectivity index (χ1v) is 6.76. The highest BCUT2D eigenvalue weighted by molar-refractivity contribution is 5.69. The largest absolute Gasteiger partial charge is 0.444 e. The second kappa shape index (κ2) is 5.19. The Balaban J connectivity index is 2.20. The molecule has 1 aromatic heterocycles. The molecule has 0 bridgehead atoms. The van der Waals surface area contributed by atoms with E-state index in [1.54, 1.807) is 17.0 Å². The van der Waals surface area contributed by atoms with Gasteiger partial charge in [0.25, 0.3) is 5.56 Å². The predicted molar refractivity (Wildman–Crippen MR) is 76.4 cm³/mol. The summed E-state index contributed by atoms with van der Waals surface area (Å²) in [6, 6.07) is 3.17. The molecule has 1 atom stereocenters. The summed E-state index contributed by atoms with van der Waals surface area (Å²) in [6.45, 7) is 6.13. The Morgan fingerprint density at radius 1 is 1.45 bits per heavy atom. The fourth-order valence-electron chi connectivity index (χ4n) is 2.32. The highest BCUT2D eigenvalue weighted by atomic mass is 16.6. The van der Waals surface area contributed by atoms with Gasteiger partial charge >= 0.3 is 6.09 Å². The summed E-state index contributed by atoms with van der Waals surface area (Å²) in [5.74, 6) is 0. The van der Waals surface area contributed by atoms with Gasteiger partial charge < -0.3 is 15.5 Å².